The van der Waals surface area contributed by atoms with Gasteiger partial charge >= 0.3 is 0 Å². The molecule has 1 aliphatic rings. The molecule has 0 aliphatic carbocycles. The maximum absolute atomic E-state index is 5.90. The monoisotopic (exact) mass is 210 g/mol. The number of rotatable bonds is 2. The average Bonchev–Trinajstić information content (AvgIpc) is 2.51. The van der Waals surface area contributed by atoms with Gasteiger partial charge in [0.1, 0.15) is 0 Å². The summed E-state index contributed by atoms with van der Waals surface area (Å²) in [5, 5.41) is 0.780. The molecule has 76 valence electrons. The van der Waals surface area contributed by atoms with Crippen molar-refractivity contribution in [2.24, 2.45) is 5.92 Å². The second-order valence-electron chi connectivity index (χ2n) is 4.09. The Kier molecular flexibility index (Phi) is 3.04. The summed E-state index contributed by atoms with van der Waals surface area (Å²) in [5.74, 6) is 0.828. The van der Waals surface area contributed by atoms with E-state index in [4.69, 9.17) is 11.6 Å². The Bertz CT molecular complexity index is 314. The molecule has 14 heavy (non-hydrogen) atoms. The molecule has 0 saturated carbocycles. The Morgan fingerprint density at radius 1 is 1.64 bits per heavy atom. The Morgan fingerprint density at radius 3 is 3.14 bits per heavy atom. The fourth-order valence-corrected chi connectivity index (χ4v) is 2.12. The molecule has 1 aromatic heterocycles. The van der Waals surface area contributed by atoms with Gasteiger partial charge in [0.15, 0.2) is 0 Å². The molecular weight excluding hydrogens is 196 g/mol. The summed E-state index contributed by atoms with van der Waals surface area (Å²) in [5.41, 5.74) is 1.08. The van der Waals surface area contributed by atoms with E-state index in [0.29, 0.717) is 0 Å². The molecule has 0 spiro atoms. The first kappa shape index (κ1) is 9.94. The van der Waals surface area contributed by atoms with Gasteiger partial charge in [-0.2, -0.15) is 0 Å². The molecule has 0 aromatic carbocycles. The van der Waals surface area contributed by atoms with Crippen LogP contribution in [0.2, 0.25) is 5.02 Å². The highest BCUT2D eigenvalue weighted by atomic mass is 35.5. The summed E-state index contributed by atoms with van der Waals surface area (Å²) in [6.45, 7) is 5.61. The smallest absolute Gasteiger partial charge is 0.0558 e. The lowest BCUT2D eigenvalue weighted by atomic mass is 10.2. The zero-order valence-electron chi connectivity index (χ0n) is 8.41. The van der Waals surface area contributed by atoms with Crippen LogP contribution in [0.15, 0.2) is 18.3 Å². The number of nitrogens with zero attached hydrogens (tertiary/aromatic N) is 2. The summed E-state index contributed by atoms with van der Waals surface area (Å²) in [6.07, 6.45) is 3.08. The Hall–Kier alpha value is -0.600. The molecular formula is C11H15ClN2. The van der Waals surface area contributed by atoms with E-state index in [2.05, 4.69) is 16.8 Å². The minimum Gasteiger partial charge on any atom is -0.297 e. The summed E-state index contributed by atoms with van der Waals surface area (Å²) < 4.78 is 0. The van der Waals surface area contributed by atoms with Crippen LogP contribution in [-0.2, 0) is 6.54 Å². The highest BCUT2D eigenvalue weighted by Crippen LogP contribution is 2.18. The molecule has 2 rings (SSSR count). The lowest BCUT2D eigenvalue weighted by molar-refractivity contribution is 0.316. The van der Waals surface area contributed by atoms with E-state index in [9.17, 15) is 0 Å². The predicted molar refractivity (Wildman–Crippen MR) is 58.3 cm³/mol. The molecule has 1 unspecified atom stereocenters. The third-order valence-electron chi connectivity index (χ3n) is 2.67. The van der Waals surface area contributed by atoms with Crippen LogP contribution in [0.1, 0.15) is 19.0 Å². The molecule has 0 amide bonds. The van der Waals surface area contributed by atoms with Gasteiger partial charge in [0.2, 0.25) is 0 Å². The Morgan fingerprint density at radius 2 is 2.50 bits per heavy atom. The minimum absolute atomic E-state index is 0.780. The van der Waals surface area contributed by atoms with E-state index >= 15 is 0 Å². The first-order valence-corrected chi connectivity index (χ1v) is 5.44. The molecule has 1 aromatic rings. The van der Waals surface area contributed by atoms with Gasteiger partial charge in [-0.25, -0.2) is 0 Å². The van der Waals surface area contributed by atoms with Crippen molar-refractivity contribution in [1.29, 1.82) is 0 Å². The van der Waals surface area contributed by atoms with Crippen LogP contribution in [0, 0.1) is 5.92 Å². The molecule has 2 nitrogen and oxygen atoms in total. The molecule has 1 saturated heterocycles. The number of pyridine rings is 1. The van der Waals surface area contributed by atoms with E-state index in [1.165, 1.54) is 19.5 Å². The van der Waals surface area contributed by atoms with Crippen LogP contribution < -0.4 is 0 Å². The lowest BCUT2D eigenvalue weighted by Gasteiger charge is -2.14. The van der Waals surface area contributed by atoms with Crippen LogP contribution in [0.4, 0.5) is 0 Å². The predicted octanol–water partition coefficient (Wildman–Crippen LogP) is 2.58. The third kappa shape index (κ3) is 2.46. The zero-order chi connectivity index (χ0) is 9.97. The number of aromatic nitrogens is 1. The van der Waals surface area contributed by atoms with E-state index in [1.807, 2.05) is 12.1 Å². The third-order valence-corrected chi connectivity index (χ3v) is 2.91. The van der Waals surface area contributed by atoms with Crippen LogP contribution in [0.5, 0.6) is 0 Å². The second kappa shape index (κ2) is 4.28. The first-order valence-electron chi connectivity index (χ1n) is 5.07. The number of likely N-dealkylation sites (tertiary alicyclic amines) is 1. The van der Waals surface area contributed by atoms with Gasteiger partial charge in [0.25, 0.3) is 0 Å². The molecule has 0 bridgehead atoms. The Balaban J connectivity index is 1.97. The van der Waals surface area contributed by atoms with E-state index in [-0.39, 0.29) is 0 Å². The van der Waals surface area contributed by atoms with Crippen molar-refractivity contribution in [2.75, 3.05) is 13.1 Å². The number of halogens is 1. The minimum atomic E-state index is 0.780. The van der Waals surface area contributed by atoms with E-state index in [0.717, 1.165) is 23.2 Å². The topological polar surface area (TPSA) is 16.1 Å². The van der Waals surface area contributed by atoms with Crippen molar-refractivity contribution in [1.82, 2.24) is 9.88 Å². The van der Waals surface area contributed by atoms with Crippen molar-refractivity contribution in [3.05, 3.63) is 29.0 Å². The van der Waals surface area contributed by atoms with Crippen LogP contribution in [0.3, 0.4) is 0 Å². The summed E-state index contributed by atoms with van der Waals surface area (Å²) in [6, 6.07) is 3.77. The van der Waals surface area contributed by atoms with Crippen molar-refractivity contribution in [3.8, 4) is 0 Å². The average molecular weight is 211 g/mol. The van der Waals surface area contributed by atoms with Gasteiger partial charge in [0, 0.05) is 24.3 Å². The summed E-state index contributed by atoms with van der Waals surface area (Å²) in [4.78, 5) is 6.74. The van der Waals surface area contributed by atoms with Crippen molar-refractivity contribution >= 4 is 11.6 Å². The van der Waals surface area contributed by atoms with Crippen LogP contribution in [-0.4, -0.2) is 23.0 Å². The largest absolute Gasteiger partial charge is 0.297 e. The van der Waals surface area contributed by atoms with Gasteiger partial charge in [-0.05, 0) is 31.0 Å². The van der Waals surface area contributed by atoms with Crippen molar-refractivity contribution in [3.63, 3.8) is 0 Å². The van der Waals surface area contributed by atoms with Crippen molar-refractivity contribution in [2.45, 2.75) is 19.9 Å². The highest BCUT2D eigenvalue weighted by Gasteiger charge is 2.18. The van der Waals surface area contributed by atoms with Gasteiger partial charge in [-0.3, -0.25) is 9.88 Å². The summed E-state index contributed by atoms with van der Waals surface area (Å²) in [7, 11) is 0. The molecule has 3 heteroatoms. The van der Waals surface area contributed by atoms with Gasteiger partial charge in [-0.15, -0.1) is 0 Å². The van der Waals surface area contributed by atoms with Crippen molar-refractivity contribution < 1.29 is 0 Å². The van der Waals surface area contributed by atoms with E-state index < -0.39 is 0 Å². The fourth-order valence-electron chi connectivity index (χ4n) is 1.93. The van der Waals surface area contributed by atoms with Gasteiger partial charge in [-0.1, -0.05) is 18.5 Å². The number of hydrogen-bond acceptors (Lipinski definition) is 2. The molecule has 1 aliphatic heterocycles. The van der Waals surface area contributed by atoms with Gasteiger partial charge in [0.05, 0.1) is 5.69 Å². The zero-order valence-corrected chi connectivity index (χ0v) is 9.17. The SMILES string of the molecule is CC1CCN(Cc2cc(Cl)ccn2)C1. The maximum atomic E-state index is 5.90. The summed E-state index contributed by atoms with van der Waals surface area (Å²) >= 11 is 5.90. The quantitative estimate of drug-likeness (QED) is 0.746. The molecule has 0 N–H and O–H groups in total. The highest BCUT2D eigenvalue weighted by molar-refractivity contribution is 6.30. The molecule has 1 atom stereocenters. The normalized spacial score (nSPS) is 22.9. The molecule has 2 heterocycles. The molecule has 0 radical (unpaired) electrons. The number of hydrogen-bond donors (Lipinski definition) is 0. The first-order chi connectivity index (χ1) is 6.74. The van der Waals surface area contributed by atoms with E-state index in [1.54, 1.807) is 6.20 Å². The van der Waals surface area contributed by atoms with Crippen LogP contribution in [0.25, 0.3) is 0 Å². The van der Waals surface area contributed by atoms with Crippen LogP contribution >= 0.6 is 11.6 Å². The lowest BCUT2D eigenvalue weighted by Crippen LogP contribution is -2.20. The maximum Gasteiger partial charge on any atom is 0.0558 e. The molecule has 1 fully saturated rings. The van der Waals surface area contributed by atoms with Gasteiger partial charge < -0.3 is 0 Å². The fraction of sp³-hybridized carbons (Fsp3) is 0.545. The second-order valence-corrected chi connectivity index (χ2v) is 4.53. The Labute approximate surface area is 89.9 Å². The standard InChI is InChI=1S/C11H15ClN2/c1-9-3-5-14(7-9)8-11-6-10(12)2-4-13-11/h2,4,6,9H,3,5,7-8H2,1H3.